The lowest BCUT2D eigenvalue weighted by Gasteiger charge is -2.12. The van der Waals surface area contributed by atoms with Crippen LogP contribution in [0, 0.1) is 0 Å². The molecule has 1 aromatic heterocycles. The number of nitrogens with zero attached hydrogens (tertiary/aromatic N) is 2. The van der Waals surface area contributed by atoms with Crippen LogP contribution in [0.1, 0.15) is 11.4 Å². The van der Waals surface area contributed by atoms with E-state index in [2.05, 4.69) is 17.1 Å². The standard InChI is InChI=1S/C17H18N2O2/c20-12-14(21)11-19-16-9-5-4-8-15(16)18-17(19)10-13-6-2-1-3-7-13/h1-9,14,20-21H,10-12H2. The van der Waals surface area contributed by atoms with Crippen molar-refractivity contribution in [2.45, 2.75) is 19.1 Å². The van der Waals surface area contributed by atoms with Crippen molar-refractivity contribution in [2.75, 3.05) is 6.61 Å². The molecule has 0 fully saturated rings. The summed E-state index contributed by atoms with van der Waals surface area (Å²) in [7, 11) is 0. The number of benzene rings is 2. The largest absolute Gasteiger partial charge is 0.394 e. The lowest BCUT2D eigenvalue weighted by Crippen LogP contribution is -2.21. The van der Waals surface area contributed by atoms with Crippen molar-refractivity contribution in [3.63, 3.8) is 0 Å². The molecule has 3 rings (SSSR count). The van der Waals surface area contributed by atoms with Crippen molar-refractivity contribution in [3.8, 4) is 0 Å². The first-order valence-electron chi connectivity index (χ1n) is 7.05. The van der Waals surface area contributed by atoms with Crippen molar-refractivity contribution in [3.05, 3.63) is 66.0 Å². The maximum absolute atomic E-state index is 9.78. The predicted molar refractivity (Wildman–Crippen MR) is 82.1 cm³/mol. The van der Waals surface area contributed by atoms with Gasteiger partial charge in [0.2, 0.25) is 0 Å². The van der Waals surface area contributed by atoms with E-state index in [9.17, 15) is 5.11 Å². The molecule has 0 saturated heterocycles. The number of imidazole rings is 1. The van der Waals surface area contributed by atoms with Crippen LogP contribution in [0.25, 0.3) is 11.0 Å². The van der Waals surface area contributed by atoms with Gasteiger partial charge in [-0.3, -0.25) is 0 Å². The Balaban J connectivity index is 2.02. The normalized spacial score (nSPS) is 12.7. The number of aliphatic hydroxyl groups is 2. The molecular formula is C17H18N2O2. The van der Waals surface area contributed by atoms with Crippen LogP contribution in [0.4, 0.5) is 0 Å². The first kappa shape index (κ1) is 13.8. The summed E-state index contributed by atoms with van der Waals surface area (Å²) < 4.78 is 1.99. The quantitative estimate of drug-likeness (QED) is 0.752. The molecule has 21 heavy (non-hydrogen) atoms. The van der Waals surface area contributed by atoms with E-state index < -0.39 is 6.10 Å². The van der Waals surface area contributed by atoms with Crippen molar-refractivity contribution < 1.29 is 10.2 Å². The molecule has 0 spiro atoms. The smallest absolute Gasteiger partial charge is 0.114 e. The SMILES string of the molecule is OCC(O)Cn1c(Cc2ccccc2)nc2ccccc21. The van der Waals surface area contributed by atoms with E-state index in [4.69, 9.17) is 5.11 Å². The Hall–Kier alpha value is -2.17. The zero-order chi connectivity index (χ0) is 14.7. The molecule has 4 heteroatoms. The Morgan fingerprint density at radius 2 is 1.71 bits per heavy atom. The zero-order valence-corrected chi connectivity index (χ0v) is 11.7. The highest BCUT2D eigenvalue weighted by Crippen LogP contribution is 2.19. The number of hydrogen-bond donors (Lipinski definition) is 2. The molecule has 1 atom stereocenters. The average Bonchev–Trinajstić information content (AvgIpc) is 2.86. The van der Waals surface area contributed by atoms with Crippen LogP contribution in [0.2, 0.25) is 0 Å². The Morgan fingerprint density at radius 3 is 2.48 bits per heavy atom. The lowest BCUT2D eigenvalue weighted by atomic mass is 10.1. The van der Waals surface area contributed by atoms with Crippen LogP contribution in [0.15, 0.2) is 54.6 Å². The Bertz CT molecular complexity index is 722. The lowest BCUT2D eigenvalue weighted by molar-refractivity contribution is 0.0815. The topological polar surface area (TPSA) is 58.3 Å². The third kappa shape index (κ3) is 2.96. The summed E-state index contributed by atoms with van der Waals surface area (Å²) in [5.74, 6) is 0.898. The molecule has 0 aliphatic heterocycles. The highest BCUT2D eigenvalue weighted by Gasteiger charge is 2.13. The Kier molecular flexibility index (Phi) is 3.99. The van der Waals surface area contributed by atoms with Gasteiger partial charge in [-0.15, -0.1) is 0 Å². The van der Waals surface area contributed by atoms with Crippen LogP contribution in [0.5, 0.6) is 0 Å². The third-order valence-corrected chi connectivity index (χ3v) is 3.54. The molecule has 108 valence electrons. The second-order valence-corrected chi connectivity index (χ2v) is 5.13. The van der Waals surface area contributed by atoms with Gasteiger partial charge < -0.3 is 14.8 Å². The van der Waals surface area contributed by atoms with Crippen molar-refractivity contribution >= 4 is 11.0 Å². The van der Waals surface area contributed by atoms with Gasteiger partial charge in [-0.05, 0) is 17.7 Å². The van der Waals surface area contributed by atoms with Gasteiger partial charge in [0.1, 0.15) is 5.82 Å². The fourth-order valence-corrected chi connectivity index (χ4v) is 2.51. The summed E-state index contributed by atoms with van der Waals surface area (Å²) in [4.78, 5) is 4.67. The minimum atomic E-state index is -0.780. The molecule has 0 aliphatic carbocycles. The van der Waals surface area contributed by atoms with Gasteiger partial charge in [0.05, 0.1) is 30.3 Å². The molecule has 0 amide bonds. The zero-order valence-electron chi connectivity index (χ0n) is 11.7. The van der Waals surface area contributed by atoms with E-state index >= 15 is 0 Å². The van der Waals surface area contributed by atoms with Gasteiger partial charge in [0, 0.05) is 6.42 Å². The van der Waals surface area contributed by atoms with Gasteiger partial charge in [0.25, 0.3) is 0 Å². The van der Waals surface area contributed by atoms with E-state index in [1.54, 1.807) is 0 Å². The Labute approximate surface area is 123 Å². The molecule has 1 unspecified atom stereocenters. The van der Waals surface area contributed by atoms with Crippen molar-refractivity contribution in [1.82, 2.24) is 9.55 Å². The number of hydrogen-bond acceptors (Lipinski definition) is 3. The highest BCUT2D eigenvalue weighted by molar-refractivity contribution is 5.76. The first-order chi connectivity index (χ1) is 10.3. The second kappa shape index (κ2) is 6.08. The van der Waals surface area contributed by atoms with Gasteiger partial charge in [-0.1, -0.05) is 42.5 Å². The summed E-state index contributed by atoms with van der Waals surface area (Å²) in [6, 6.07) is 18.0. The van der Waals surface area contributed by atoms with Gasteiger partial charge in [-0.25, -0.2) is 4.98 Å². The predicted octanol–water partition coefficient (Wildman–Crippen LogP) is 1.98. The second-order valence-electron chi connectivity index (χ2n) is 5.13. The molecule has 3 aromatic rings. The van der Waals surface area contributed by atoms with Crippen molar-refractivity contribution in [1.29, 1.82) is 0 Å². The van der Waals surface area contributed by atoms with E-state index in [1.807, 2.05) is 47.0 Å². The maximum Gasteiger partial charge on any atom is 0.114 e. The van der Waals surface area contributed by atoms with Gasteiger partial charge in [0.15, 0.2) is 0 Å². The number of rotatable bonds is 5. The van der Waals surface area contributed by atoms with E-state index in [1.165, 1.54) is 5.56 Å². The van der Waals surface area contributed by atoms with Gasteiger partial charge in [-0.2, -0.15) is 0 Å². The monoisotopic (exact) mass is 282 g/mol. The molecule has 1 heterocycles. The number of aromatic nitrogens is 2. The number of para-hydroxylation sites is 2. The van der Waals surface area contributed by atoms with Crippen LogP contribution in [-0.2, 0) is 13.0 Å². The summed E-state index contributed by atoms with van der Waals surface area (Å²) in [6.07, 6.45) is -0.0784. The molecule has 2 N–H and O–H groups in total. The summed E-state index contributed by atoms with van der Waals surface area (Å²) in [6.45, 7) is 0.0937. The fourth-order valence-electron chi connectivity index (χ4n) is 2.51. The molecule has 2 aromatic carbocycles. The summed E-state index contributed by atoms with van der Waals surface area (Å²) in [5, 5.41) is 18.9. The first-order valence-corrected chi connectivity index (χ1v) is 7.05. The third-order valence-electron chi connectivity index (χ3n) is 3.54. The minimum absolute atomic E-state index is 0.253. The van der Waals surface area contributed by atoms with Crippen LogP contribution in [-0.4, -0.2) is 32.5 Å². The highest BCUT2D eigenvalue weighted by atomic mass is 16.3. The molecule has 0 saturated carbocycles. The number of aliphatic hydroxyl groups excluding tert-OH is 2. The van der Waals surface area contributed by atoms with E-state index in [0.717, 1.165) is 16.9 Å². The Morgan fingerprint density at radius 1 is 1.00 bits per heavy atom. The van der Waals surface area contributed by atoms with Gasteiger partial charge >= 0.3 is 0 Å². The molecule has 0 radical (unpaired) electrons. The molecule has 0 aliphatic rings. The minimum Gasteiger partial charge on any atom is -0.394 e. The number of fused-ring (bicyclic) bond motifs is 1. The molecule has 4 nitrogen and oxygen atoms in total. The van der Waals surface area contributed by atoms with Crippen LogP contribution >= 0.6 is 0 Å². The summed E-state index contributed by atoms with van der Waals surface area (Å²) >= 11 is 0. The summed E-state index contributed by atoms with van der Waals surface area (Å²) in [5.41, 5.74) is 3.07. The fraction of sp³-hybridized carbons (Fsp3) is 0.235. The maximum atomic E-state index is 9.78. The molecule has 0 bridgehead atoms. The van der Waals surface area contributed by atoms with Crippen LogP contribution in [0.3, 0.4) is 0 Å². The van der Waals surface area contributed by atoms with E-state index in [0.29, 0.717) is 13.0 Å². The van der Waals surface area contributed by atoms with E-state index in [-0.39, 0.29) is 6.61 Å². The van der Waals surface area contributed by atoms with Crippen LogP contribution < -0.4 is 0 Å². The average molecular weight is 282 g/mol. The molecular weight excluding hydrogens is 264 g/mol. The van der Waals surface area contributed by atoms with Crippen molar-refractivity contribution in [2.24, 2.45) is 0 Å².